The normalized spacial score (nSPS) is 14.1. The number of hydrogen-bond acceptors (Lipinski definition) is 1. The zero-order valence-corrected chi connectivity index (χ0v) is 7.43. The summed E-state index contributed by atoms with van der Waals surface area (Å²) < 4.78 is 0. The molecule has 0 fully saturated rings. The van der Waals surface area contributed by atoms with Crippen molar-refractivity contribution in [2.75, 3.05) is 6.61 Å². The molecule has 0 aromatic carbocycles. The molecular formula is C9H20O. The maximum absolute atomic E-state index is 8.92. The molecule has 0 aliphatic rings. The number of unbranched alkanes of at least 4 members (excludes halogenated alkanes) is 1. The second-order valence-corrected chi connectivity index (χ2v) is 3.33. The van der Waals surface area contributed by atoms with E-state index in [1.54, 1.807) is 0 Å². The van der Waals surface area contributed by atoms with E-state index in [0.29, 0.717) is 18.4 Å². The number of aliphatic hydroxyl groups excluding tert-OH is 1. The molecule has 0 unspecified atom stereocenters. The highest BCUT2D eigenvalue weighted by Crippen LogP contribution is 2.16. The Balaban J connectivity index is 3.40. The summed E-state index contributed by atoms with van der Waals surface area (Å²) in [6, 6.07) is 0. The second kappa shape index (κ2) is 5.72. The fraction of sp³-hybridized carbons (Fsp3) is 1.00. The van der Waals surface area contributed by atoms with Gasteiger partial charge in [0.15, 0.2) is 0 Å². The summed E-state index contributed by atoms with van der Waals surface area (Å²) in [4.78, 5) is 0. The van der Waals surface area contributed by atoms with Crippen molar-refractivity contribution >= 4 is 0 Å². The number of aliphatic hydroxyl groups is 1. The molecule has 0 aromatic rings. The SMILES string of the molecule is CCCC[C@@H](CO)C(C)C. The highest BCUT2D eigenvalue weighted by molar-refractivity contribution is 4.60. The van der Waals surface area contributed by atoms with Crippen molar-refractivity contribution in [2.24, 2.45) is 11.8 Å². The van der Waals surface area contributed by atoms with Crippen LogP contribution in [0.3, 0.4) is 0 Å². The van der Waals surface area contributed by atoms with E-state index in [1.165, 1.54) is 19.3 Å². The lowest BCUT2D eigenvalue weighted by atomic mass is 9.92. The summed E-state index contributed by atoms with van der Waals surface area (Å²) in [7, 11) is 0. The van der Waals surface area contributed by atoms with Crippen LogP contribution in [0, 0.1) is 11.8 Å². The van der Waals surface area contributed by atoms with Crippen LogP contribution in [0.15, 0.2) is 0 Å². The van der Waals surface area contributed by atoms with Gasteiger partial charge in [-0.15, -0.1) is 0 Å². The van der Waals surface area contributed by atoms with Gasteiger partial charge in [0.05, 0.1) is 0 Å². The first kappa shape index (κ1) is 9.96. The van der Waals surface area contributed by atoms with Gasteiger partial charge in [-0.05, 0) is 18.3 Å². The van der Waals surface area contributed by atoms with E-state index < -0.39 is 0 Å². The predicted octanol–water partition coefficient (Wildman–Crippen LogP) is 2.44. The van der Waals surface area contributed by atoms with Gasteiger partial charge in [0, 0.05) is 6.61 Å². The van der Waals surface area contributed by atoms with E-state index in [4.69, 9.17) is 5.11 Å². The minimum Gasteiger partial charge on any atom is -0.396 e. The Morgan fingerprint density at radius 1 is 1.30 bits per heavy atom. The van der Waals surface area contributed by atoms with Crippen LogP contribution in [0.5, 0.6) is 0 Å². The largest absolute Gasteiger partial charge is 0.396 e. The lowest BCUT2D eigenvalue weighted by molar-refractivity contribution is 0.179. The molecule has 1 heteroatoms. The molecule has 0 aliphatic heterocycles. The minimum absolute atomic E-state index is 0.359. The van der Waals surface area contributed by atoms with Crippen LogP contribution in [0.2, 0.25) is 0 Å². The van der Waals surface area contributed by atoms with Crippen LogP contribution in [0.25, 0.3) is 0 Å². The summed E-state index contributed by atoms with van der Waals surface area (Å²) in [5.74, 6) is 1.16. The summed E-state index contributed by atoms with van der Waals surface area (Å²) >= 11 is 0. The zero-order chi connectivity index (χ0) is 7.98. The molecule has 1 nitrogen and oxygen atoms in total. The summed E-state index contributed by atoms with van der Waals surface area (Å²) in [5.41, 5.74) is 0. The standard InChI is InChI=1S/C9H20O/c1-4-5-6-9(7-10)8(2)3/h8-10H,4-7H2,1-3H3/t9-/m0/s1. The zero-order valence-electron chi connectivity index (χ0n) is 7.43. The summed E-state index contributed by atoms with van der Waals surface area (Å²) in [5, 5.41) is 8.92. The third-order valence-electron chi connectivity index (χ3n) is 2.11. The Bertz CT molecular complexity index is 69.1. The van der Waals surface area contributed by atoms with Gasteiger partial charge in [-0.2, -0.15) is 0 Å². The molecule has 0 rings (SSSR count). The first-order chi connectivity index (χ1) is 4.72. The van der Waals surface area contributed by atoms with Crippen molar-refractivity contribution in [3.8, 4) is 0 Å². The number of hydrogen-bond donors (Lipinski definition) is 1. The Hall–Kier alpha value is -0.0400. The van der Waals surface area contributed by atoms with Gasteiger partial charge in [-0.1, -0.05) is 33.6 Å². The summed E-state index contributed by atoms with van der Waals surface area (Å²) in [6.07, 6.45) is 3.68. The van der Waals surface area contributed by atoms with E-state index in [0.717, 1.165) is 0 Å². The second-order valence-electron chi connectivity index (χ2n) is 3.33. The van der Waals surface area contributed by atoms with E-state index in [9.17, 15) is 0 Å². The summed E-state index contributed by atoms with van der Waals surface area (Å²) in [6.45, 7) is 6.90. The molecule has 62 valence electrons. The average Bonchev–Trinajstić information content (AvgIpc) is 1.89. The van der Waals surface area contributed by atoms with Gasteiger partial charge in [-0.25, -0.2) is 0 Å². The third-order valence-corrected chi connectivity index (χ3v) is 2.11. The van der Waals surface area contributed by atoms with Gasteiger partial charge < -0.3 is 5.11 Å². The van der Waals surface area contributed by atoms with Gasteiger partial charge in [-0.3, -0.25) is 0 Å². The molecule has 0 saturated heterocycles. The lowest BCUT2D eigenvalue weighted by Gasteiger charge is -2.16. The smallest absolute Gasteiger partial charge is 0.0461 e. The molecule has 1 N–H and O–H groups in total. The molecular weight excluding hydrogens is 124 g/mol. The van der Waals surface area contributed by atoms with E-state index in [2.05, 4.69) is 20.8 Å². The number of rotatable bonds is 5. The van der Waals surface area contributed by atoms with Crippen LogP contribution < -0.4 is 0 Å². The Morgan fingerprint density at radius 2 is 1.90 bits per heavy atom. The predicted molar refractivity (Wildman–Crippen MR) is 44.9 cm³/mol. The lowest BCUT2D eigenvalue weighted by Crippen LogP contribution is -2.12. The first-order valence-electron chi connectivity index (χ1n) is 4.33. The van der Waals surface area contributed by atoms with Crippen molar-refractivity contribution in [1.29, 1.82) is 0 Å². The van der Waals surface area contributed by atoms with Gasteiger partial charge >= 0.3 is 0 Å². The fourth-order valence-corrected chi connectivity index (χ4v) is 1.10. The molecule has 0 saturated carbocycles. The van der Waals surface area contributed by atoms with Crippen molar-refractivity contribution in [3.63, 3.8) is 0 Å². The molecule has 0 bridgehead atoms. The Morgan fingerprint density at radius 3 is 2.20 bits per heavy atom. The van der Waals surface area contributed by atoms with E-state index in [1.807, 2.05) is 0 Å². The molecule has 10 heavy (non-hydrogen) atoms. The van der Waals surface area contributed by atoms with Crippen molar-refractivity contribution in [2.45, 2.75) is 40.0 Å². The quantitative estimate of drug-likeness (QED) is 0.628. The molecule has 1 atom stereocenters. The van der Waals surface area contributed by atoms with Gasteiger partial charge in [0.25, 0.3) is 0 Å². The van der Waals surface area contributed by atoms with Crippen LogP contribution in [-0.2, 0) is 0 Å². The van der Waals surface area contributed by atoms with Crippen LogP contribution >= 0.6 is 0 Å². The monoisotopic (exact) mass is 144 g/mol. The van der Waals surface area contributed by atoms with Gasteiger partial charge in [0.2, 0.25) is 0 Å². The molecule has 0 amide bonds. The molecule has 0 heterocycles. The average molecular weight is 144 g/mol. The topological polar surface area (TPSA) is 20.2 Å². The van der Waals surface area contributed by atoms with Crippen LogP contribution in [0.4, 0.5) is 0 Å². The highest BCUT2D eigenvalue weighted by Gasteiger charge is 2.10. The van der Waals surface area contributed by atoms with Crippen LogP contribution in [0.1, 0.15) is 40.0 Å². The highest BCUT2D eigenvalue weighted by atomic mass is 16.3. The van der Waals surface area contributed by atoms with E-state index >= 15 is 0 Å². The maximum atomic E-state index is 8.92. The maximum Gasteiger partial charge on any atom is 0.0461 e. The Labute approximate surface area is 64.5 Å². The third kappa shape index (κ3) is 3.89. The van der Waals surface area contributed by atoms with E-state index in [-0.39, 0.29) is 0 Å². The van der Waals surface area contributed by atoms with Crippen molar-refractivity contribution in [1.82, 2.24) is 0 Å². The molecule has 0 aromatic heterocycles. The minimum atomic E-state index is 0.359. The Kier molecular flexibility index (Phi) is 5.70. The molecule has 0 aliphatic carbocycles. The van der Waals surface area contributed by atoms with Crippen LogP contribution in [-0.4, -0.2) is 11.7 Å². The van der Waals surface area contributed by atoms with Crippen molar-refractivity contribution < 1.29 is 5.11 Å². The fourth-order valence-electron chi connectivity index (χ4n) is 1.10. The van der Waals surface area contributed by atoms with Crippen molar-refractivity contribution in [3.05, 3.63) is 0 Å². The molecule has 0 spiro atoms. The first-order valence-corrected chi connectivity index (χ1v) is 4.33. The molecule has 0 radical (unpaired) electrons. The van der Waals surface area contributed by atoms with Gasteiger partial charge in [0.1, 0.15) is 0 Å².